The number of hydrogen-bond acceptors (Lipinski definition) is 3. The topological polar surface area (TPSA) is 58.4 Å². The number of carbonyl (C=O) groups is 1. The van der Waals surface area contributed by atoms with Crippen LogP contribution in [0.4, 0.5) is 11.4 Å². The van der Waals surface area contributed by atoms with E-state index in [-0.39, 0.29) is 17.9 Å². The largest absolute Gasteiger partial charge is 0.372 e. The predicted molar refractivity (Wildman–Crippen MR) is 83.9 cm³/mol. The van der Waals surface area contributed by atoms with Crippen LogP contribution in [0.2, 0.25) is 0 Å². The second-order valence-corrected chi connectivity index (χ2v) is 5.48. The Morgan fingerprint density at radius 2 is 1.90 bits per heavy atom. The van der Waals surface area contributed by atoms with E-state index >= 15 is 0 Å². The summed E-state index contributed by atoms with van der Waals surface area (Å²) in [4.78, 5) is 14.4. The summed E-state index contributed by atoms with van der Waals surface area (Å²) in [5.41, 5.74) is 7.91. The molecule has 1 amide bonds. The Kier molecular flexibility index (Phi) is 5.01. The Bertz CT molecular complexity index is 440. The van der Waals surface area contributed by atoms with Crippen molar-refractivity contribution in [2.75, 3.05) is 23.3 Å². The minimum atomic E-state index is 0.0764. The van der Waals surface area contributed by atoms with Crippen LogP contribution in [-0.4, -0.2) is 25.0 Å². The molecule has 0 spiro atoms. The lowest BCUT2D eigenvalue weighted by Gasteiger charge is -2.21. The zero-order valence-corrected chi connectivity index (χ0v) is 12.4. The normalized spacial score (nSPS) is 21.8. The van der Waals surface area contributed by atoms with Crippen LogP contribution in [0.25, 0.3) is 0 Å². The van der Waals surface area contributed by atoms with Gasteiger partial charge in [0.2, 0.25) is 5.91 Å². The van der Waals surface area contributed by atoms with Crippen LogP contribution in [-0.2, 0) is 4.79 Å². The van der Waals surface area contributed by atoms with Crippen molar-refractivity contribution in [3.05, 3.63) is 24.3 Å². The van der Waals surface area contributed by atoms with Crippen LogP contribution in [0.5, 0.6) is 0 Å². The van der Waals surface area contributed by atoms with E-state index in [9.17, 15) is 4.79 Å². The monoisotopic (exact) mass is 275 g/mol. The lowest BCUT2D eigenvalue weighted by Crippen LogP contribution is -2.23. The average Bonchev–Trinajstić information content (AvgIpc) is 2.89. The molecule has 2 rings (SSSR count). The molecule has 4 nitrogen and oxygen atoms in total. The van der Waals surface area contributed by atoms with Crippen LogP contribution in [0.15, 0.2) is 24.3 Å². The highest BCUT2D eigenvalue weighted by Crippen LogP contribution is 2.26. The van der Waals surface area contributed by atoms with Crippen molar-refractivity contribution >= 4 is 17.3 Å². The summed E-state index contributed by atoms with van der Waals surface area (Å²) in [6.07, 6.45) is 2.67. The van der Waals surface area contributed by atoms with E-state index in [0.29, 0.717) is 0 Å². The molecule has 1 aliphatic carbocycles. The fourth-order valence-electron chi connectivity index (χ4n) is 2.84. The van der Waals surface area contributed by atoms with Gasteiger partial charge in [-0.2, -0.15) is 0 Å². The molecule has 0 aromatic heterocycles. The maximum Gasteiger partial charge on any atom is 0.227 e. The molecule has 0 bridgehead atoms. The van der Waals surface area contributed by atoms with Gasteiger partial charge in [0.1, 0.15) is 0 Å². The van der Waals surface area contributed by atoms with Crippen LogP contribution in [0, 0.1) is 5.92 Å². The number of nitrogens with one attached hydrogen (secondary N) is 1. The molecule has 0 saturated heterocycles. The first kappa shape index (κ1) is 14.9. The highest BCUT2D eigenvalue weighted by Gasteiger charge is 2.27. The zero-order chi connectivity index (χ0) is 14.5. The van der Waals surface area contributed by atoms with Crippen molar-refractivity contribution in [1.29, 1.82) is 0 Å². The highest BCUT2D eigenvalue weighted by molar-refractivity contribution is 5.92. The molecule has 4 heteroatoms. The first-order valence-electron chi connectivity index (χ1n) is 7.55. The molecule has 0 heterocycles. The summed E-state index contributed by atoms with van der Waals surface area (Å²) in [6.45, 7) is 6.26. The summed E-state index contributed by atoms with van der Waals surface area (Å²) >= 11 is 0. The van der Waals surface area contributed by atoms with E-state index in [2.05, 4.69) is 36.2 Å². The van der Waals surface area contributed by atoms with E-state index in [1.807, 2.05) is 12.1 Å². The Labute approximate surface area is 121 Å². The molecular weight excluding hydrogens is 250 g/mol. The molecule has 20 heavy (non-hydrogen) atoms. The number of anilines is 2. The van der Waals surface area contributed by atoms with Gasteiger partial charge in [0, 0.05) is 36.4 Å². The molecule has 1 aliphatic rings. The van der Waals surface area contributed by atoms with E-state index in [1.54, 1.807) is 0 Å². The average molecular weight is 275 g/mol. The quantitative estimate of drug-likeness (QED) is 0.868. The Morgan fingerprint density at radius 3 is 2.40 bits per heavy atom. The fourth-order valence-corrected chi connectivity index (χ4v) is 2.84. The van der Waals surface area contributed by atoms with Gasteiger partial charge in [-0.1, -0.05) is 0 Å². The summed E-state index contributed by atoms with van der Waals surface area (Å²) in [5.74, 6) is 0.181. The molecule has 0 radical (unpaired) electrons. The predicted octanol–water partition coefficient (Wildman–Crippen LogP) is 2.60. The highest BCUT2D eigenvalue weighted by atomic mass is 16.1. The molecule has 3 N–H and O–H groups in total. The number of nitrogens with zero attached hydrogens (tertiary/aromatic N) is 1. The number of nitrogens with two attached hydrogens (primary N) is 1. The van der Waals surface area contributed by atoms with Gasteiger partial charge in [-0.15, -0.1) is 0 Å². The van der Waals surface area contributed by atoms with Gasteiger partial charge in [0.25, 0.3) is 0 Å². The van der Waals surface area contributed by atoms with Crippen molar-refractivity contribution in [2.24, 2.45) is 11.7 Å². The summed E-state index contributed by atoms with van der Waals surface area (Å²) in [5, 5.41) is 2.99. The molecule has 1 fully saturated rings. The lowest BCUT2D eigenvalue weighted by atomic mass is 10.1. The molecule has 0 aliphatic heterocycles. The first-order valence-corrected chi connectivity index (χ1v) is 7.55. The second-order valence-electron chi connectivity index (χ2n) is 5.48. The summed E-state index contributed by atoms with van der Waals surface area (Å²) < 4.78 is 0. The number of carbonyl (C=O) groups excluding carboxylic acids is 1. The number of rotatable bonds is 5. The number of hydrogen-bond donors (Lipinski definition) is 2. The van der Waals surface area contributed by atoms with Gasteiger partial charge in [0.05, 0.1) is 0 Å². The second kappa shape index (κ2) is 6.75. The van der Waals surface area contributed by atoms with E-state index in [0.717, 1.165) is 38.0 Å². The van der Waals surface area contributed by atoms with Gasteiger partial charge in [-0.3, -0.25) is 4.79 Å². The van der Waals surface area contributed by atoms with Crippen molar-refractivity contribution in [3.63, 3.8) is 0 Å². The third-order valence-corrected chi connectivity index (χ3v) is 4.11. The smallest absolute Gasteiger partial charge is 0.227 e. The first-order chi connectivity index (χ1) is 9.63. The number of benzene rings is 1. The maximum atomic E-state index is 12.1. The van der Waals surface area contributed by atoms with Gasteiger partial charge in [-0.25, -0.2) is 0 Å². The van der Waals surface area contributed by atoms with E-state index in [1.165, 1.54) is 5.69 Å². The van der Waals surface area contributed by atoms with Crippen molar-refractivity contribution in [2.45, 2.75) is 39.2 Å². The van der Waals surface area contributed by atoms with E-state index in [4.69, 9.17) is 5.73 Å². The Balaban J connectivity index is 1.95. The molecule has 1 aromatic rings. The SMILES string of the molecule is CCN(CC)c1ccc(NC(=O)C2CCC(N)C2)cc1. The third-order valence-electron chi connectivity index (χ3n) is 4.11. The number of amides is 1. The van der Waals surface area contributed by atoms with Crippen molar-refractivity contribution in [1.82, 2.24) is 0 Å². The van der Waals surface area contributed by atoms with Crippen molar-refractivity contribution in [3.8, 4) is 0 Å². The zero-order valence-electron chi connectivity index (χ0n) is 12.4. The summed E-state index contributed by atoms with van der Waals surface area (Å²) in [7, 11) is 0. The minimum absolute atomic E-state index is 0.0764. The van der Waals surface area contributed by atoms with Gasteiger partial charge in [0.15, 0.2) is 0 Å². The molecule has 110 valence electrons. The van der Waals surface area contributed by atoms with Crippen LogP contribution in [0.3, 0.4) is 0 Å². The lowest BCUT2D eigenvalue weighted by molar-refractivity contribution is -0.119. The summed E-state index contributed by atoms with van der Waals surface area (Å²) in [6, 6.07) is 8.25. The molecular formula is C16H25N3O. The molecule has 1 aromatic carbocycles. The van der Waals surface area contributed by atoms with Crippen LogP contribution < -0.4 is 16.0 Å². The minimum Gasteiger partial charge on any atom is -0.372 e. The standard InChI is InChI=1S/C16H25N3O/c1-3-19(4-2)15-9-7-14(8-10-15)18-16(20)12-5-6-13(17)11-12/h7-10,12-13H,3-6,11,17H2,1-2H3,(H,18,20). The fraction of sp³-hybridized carbons (Fsp3) is 0.562. The third kappa shape index (κ3) is 3.51. The van der Waals surface area contributed by atoms with Crippen LogP contribution in [0.1, 0.15) is 33.1 Å². The van der Waals surface area contributed by atoms with Gasteiger partial charge >= 0.3 is 0 Å². The molecule has 2 unspecified atom stereocenters. The van der Waals surface area contributed by atoms with Gasteiger partial charge < -0.3 is 16.0 Å². The van der Waals surface area contributed by atoms with E-state index < -0.39 is 0 Å². The van der Waals surface area contributed by atoms with Gasteiger partial charge in [-0.05, 0) is 57.4 Å². The molecule has 1 saturated carbocycles. The van der Waals surface area contributed by atoms with Crippen LogP contribution >= 0.6 is 0 Å². The molecule has 2 atom stereocenters. The Hall–Kier alpha value is -1.55. The van der Waals surface area contributed by atoms with Crippen molar-refractivity contribution < 1.29 is 4.79 Å². The maximum absolute atomic E-state index is 12.1. The Morgan fingerprint density at radius 1 is 1.25 bits per heavy atom.